The molecule has 0 aromatic heterocycles. The van der Waals surface area contributed by atoms with Crippen LogP contribution in [-0.2, 0) is 0 Å². The first-order valence-electron chi connectivity index (χ1n) is 3.53. The lowest BCUT2D eigenvalue weighted by Crippen LogP contribution is -2.22. The third kappa shape index (κ3) is 2.65. The molecular formula is C6H11NO2S2. The molecule has 1 fully saturated rings. The molecule has 1 aliphatic rings. The van der Waals surface area contributed by atoms with Crippen LogP contribution >= 0.6 is 21.6 Å². The van der Waals surface area contributed by atoms with E-state index in [0.717, 1.165) is 11.5 Å². The topological polar surface area (TPSA) is 49.7 Å². The Hall–Kier alpha value is 0.260. The Morgan fingerprint density at radius 3 is 2.64 bits per heavy atom. The van der Waals surface area contributed by atoms with Gasteiger partial charge in [0.1, 0.15) is 0 Å². The molecular weight excluding hydrogens is 182 g/mol. The van der Waals surface area contributed by atoms with Crippen LogP contribution in [0, 0.1) is 16.7 Å². The lowest BCUT2D eigenvalue weighted by atomic mass is 9.97. The first-order chi connectivity index (χ1) is 5.38. The zero-order valence-electron chi connectivity index (χ0n) is 6.10. The highest BCUT2D eigenvalue weighted by molar-refractivity contribution is 8.77. The van der Waals surface area contributed by atoms with Gasteiger partial charge in [-0.25, -0.2) is 0 Å². The van der Waals surface area contributed by atoms with Crippen molar-refractivity contribution in [1.82, 2.24) is 0 Å². The van der Waals surface area contributed by atoms with Crippen LogP contribution < -0.4 is 0 Å². The number of rotatable bonds is 4. The van der Waals surface area contributed by atoms with Gasteiger partial charge >= 0.3 is 0 Å². The van der Waals surface area contributed by atoms with Crippen molar-refractivity contribution < 1.29 is 5.11 Å². The molecule has 0 radical (unpaired) electrons. The number of aliphatic hydroxyl groups excluding tert-OH is 1. The Morgan fingerprint density at radius 1 is 1.55 bits per heavy atom. The van der Waals surface area contributed by atoms with Crippen molar-refractivity contribution in [2.75, 3.05) is 24.7 Å². The molecule has 1 unspecified atom stereocenters. The summed E-state index contributed by atoms with van der Waals surface area (Å²) in [6, 6.07) is 0. The van der Waals surface area contributed by atoms with Crippen molar-refractivity contribution in [1.29, 1.82) is 0 Å². The van der Waals surface area contributed by atoms with Crippen molar-refractivity contribution in [3.05, 3.63) is 4.91 Å². The van der Waals surface area contributed by atoms with Crippen LogP contribution in [0.5, 0.6) is 0 Å². The molecule has 0 aromatic rings. The molecule has 64 valence electrons. The number of hydrogen-bond donors (Lipinski definition) is 1. The molecule has 1 aliphatic heterocycles. The molecule has 1 atom stereocenters. The van der Waals surface area contributed by atoms with Crippen LogP contribution in [0.15, 0.2) is 5.18 Å². The van der Waals surface area contributed by atoms with Gasteiger partial charge in [0.15, 0.2) is 0 Å². The molecule has 0 amide bonds. The lowest BCUT2D eigenvalue weighted by Gasteiger charge is -2.15. The van der Waals surface area contributed by atoms with Crippen LogP contribution in [0.25, 0.3) is 0 Å². The summed E-state index contributed by atoms with van der Waals surface area (Å²) in [5, 5.41) is 11.7. The Balaban J connectivity index is 2.33. The van der Waals surface area contributed by atoms with Gasteiger partial charge in [0.25, 0.3) is 0 Å². The van der Waals surface area contributed by atoms with Crippen LogP contribution in [0.3, 0.4) is 0 Å². The molecule has 0 saturated carbocycles. The Kier molecular flexibility index (Phi) is 4.25. The second kappa shape index (κ2) is 5.00. The van der Waals surface area contributed by atoms with Crippen molar-refractivity contribution in [2.45, 2.75) is 0 Å². The van der Waals surface area contributed by atoms with Gasteiger partial charge in [-0.15, -0.1) is 0 Å². The fourth-order valence-electron chi connectivity index (χ4n) is 1.04. The molecule has 1 heterocycles. The SMILES string of the molecule is O=NCC(CO)C1CSSC1. The molecule has 11 heavy (non-hydrogen) atoms. The summed E-state index contributed by atoms with van der Waals surface area (Å²) in [5.74, 6) is 2.67. The average molecular weight is 193 g/mol. The molecule has 1 saturated heterocycles. The van der Waals surface area contributed by atoms with E-state index in [9.17, 15) is 4.91 Å². The largest absolute Gasteiger partial charge is 0.396 e. The predicted molar refractivity (Wildman–Crippen MR) is 49.6 cm³/mol. The van der Waals surface area contributed by atoms with Gasteiger partial charge in [0.2, 0.25) is 0 Å². The van der Waals surface area contributed by atoms with Crippen molar-refractivity contribution in [3.8, 4) is 0 Å². The third-order valence-electron chi connectivity index (χ3n) is 1.86. The minimum atomic E-state index is 0.0926. The summed E-state index contributed by atoms with van der Waals surface area (Å²) in [5.41, 5.74) is 0. The van der Waals surface area contributed by atoms with Crippen LogP contribution in [0.4, 0.5) is 0 Å². The standard InChI is InChI=1S/C6H11NO2S2/c8-2-5(1-7-9)6-3-10-11-4-6/h5-6,8H,1-4H2. The number of nitrogens with zero attached hydrogens (tertiary/aromatic N) is 1. The zero-order valence-corrected chi connectivity index (χ0v) is 7.74. The molecule has 0 aliphatic carbocycles. The third-order valence-corrected chi connectivity index (χ3v) is 4.47. The van der Waals surface area contributed by atoms with Gasteiger partial charge < -0.3 is 5.11 Å². The lowest BCUT2D eigenvalue weighted by molar-refractivity contribution is 0.199. The Bertz CT molecular complexity index is 128. The van der Waals surface area contributed by atoms with Gasteiger partial charge in [0.05, 0.1) is 6.54 Å². The molecule has 1 rings (SSSR count). The Morgan fingerprint density at radius 2 is 2.18 bits per heavy atom. The number of nitroso groups, excluding NO2 is 1. The van der Waals surface area contributed by atoms with Gasteiger partial charge in [-0.2, -0.15) is 4.91 Å². The van der Waals surface area contributed by atoms with E-state index in [-0.39, 0.29) is 19.1 Å². The van der Waals surface area contributed by atoms with Gasteiger partial charge in [0, 0.05) is 24.0 Å². The van der Waals surface area contributed by atoms with Gasteiger partial charge in [-0.1, -0.05) is 26.8 Å². The number of aliphatic hydroxyl groups is 1. The zero-order chi connectivity index (χ0) is 8.10. The highest BCUT2D eigenvalue weighted by Crippen LogP contribution is 2.38. The second-order valence-corrected chi connectivity index (χ2v) is 5.14. The van der Waals surface area contributed by atoms with E-state index in [1.54, 1.807) is 0 Å². The van der Waals surface area contributed by atoms with Crippen LogP contribution in [-0.4, -0.2) is 29.8 Å². The summed E-state index contributed by atoms with van der Waals surface area (Å²) in [7, 11) is 3.63. The Labute approximate surface area is 73.7 Å². The number of hydrogen-bond acceptors (Lipinski definition) is 5. The minimum absolute atomic E-state index is 0.0926. The van der Waals surface area contributed by atoms with E-state index in [0.29, 0.717) is 5.92 Å². The molecule has 0 aromatic carbocycles. The summed E-state index contributed by atoms with van der Waals surface area (Å²) < 4.78 is 0. The van der Waals surface area contributed by atoms with Crippen molar-refractivity contribution in [2.24, 2.45) is 17.0 Å². The maximum Gasteiger partial charge on any atom is 0.0864 e. The highest BCUT2D eigenvalue weighted by Gasteiger charge is 2.25. The van der Waals surface area contributed by atoms with Crippen molar-refractivity contribution >= 4 is 21.6 Å². The second-order valence-electron chi connectivity index (χ2n) is 2.58. The maximum atomic E-state index is 9.96. The van der Waals surface area contributed by atoms with E-state index in [1.807, 2.05) is 21.6 Å². The normalized spacial score (nSPS) is 21.9. The smallest absolute Gasteiger partial charge is 0.0864 e. The first-order valence-corrected chi connectivity index (χ1v) is 6.01. The van der Waals surface area contributed by atoms with Crippen molar-refractivity contribution in [3.63, 3.8) is 0 Å². The maximum absolute atomic E-state index is 9.96. The molecule has 0 spiro atoms. The van der Waals surface area contributed by atoms with E-state index >= 15 is 0 Å². The fraction of sp³-hybridized carbons (Fsp3) is 1.00. The molecule has 0 bridgehead atoms. The quantitative estimate of drug-likeness (QED) is 0.541. The van der Waals surface area contributed by atoms with E-state index < -0.39 is 0 Å². The summed E-state index contributed by atoms with van der Waals surface area (Å²) >= 11 is 0. The molecule has 1 N–H and O–H groups in total. The monoisotopic (exact) mass is 193 g/mol. The minimum Gasteiger partial charge on any atom is -0.396 e. The summed E-state index contributed by atoms with van der Waals surface area (Å²) in [6.07, 6.45) is 0. The van der Waals surface area contributed by atoms with E-state index in [1.165, 1.54) is 0 Å². The average Bonchev–Trinajstić information content (AvgIpc) is 2.52. The predicted octanol–water partition coefficient (Wildman–Crippen LogP) is 1.37. The fourth-order valence-corrected chi connectivity index (χ4v) is 4.14. The van der Waals surface area contributed by atoms with Crippen LogP contribution in [0.2, 0.25) is 0 Å². The molecule has 5 heteroatoms. The van der Waals surface area contributed by atoms with E-state index in [4.69, 9.17) is 5.11 Å². The summed E-state index contributed by atoms with van der Waals surface area (Å²) in [6.45, 7) is 0.361. The van der Waals surface area contributed by atoms with Crippen LogP contribution in [0.1, 0.15) is 0 Å². The van der Waals surface area contributed by atoms with Gasteiger partial charge in [-0.05, 0) is 5.92 Å². The highest BCUT2D eigenvalue weighted by atomic mass is 33.1. The van der Waals surface area contributed by atoms with E-state index in [2.05, 4.69) is 5.18 Å². The van der Waals surface area contributed by atoms with Gasteiger partial charge in [-0.3, -0.25) is 0 Å². The molecule has 3 nitrogen and oxygen atoms in total. The summed E-state index contributed by atoms with van der Waals surface area (Å²) in [4.78, 5) is 9.96. The first kappa shape index (κ1) is 9.35.